The van der Waals surface area contributed by atoms with Crippen molar-refractivity contribution in [2.24, 2.45) is 0 Å². The van der Waals surface area contributed by atoms with Crippen LogP contribution in [0.3, 0.4) is 0 Å². The van der Waals surface area contributed by atoms with Crippen molar-refractivity contribution in [3.05, 3.63) is 44.8 Å². The van der Waals surface area contributed by atoms with Crippen molar-refractivity contribution in [3.63, 3.8) is 0 Å². The highest BCUT2D eigenvalue weighted by atomic mass is 79.9. The summed E-state index contributed by atoms with van der Waals surface area (Å²) in [5, 5.41) is 0.421. The van der Waals surface area contributed by atoms with Crippen molar-refractivity contribution >= 4 is 27.5 Å². The molecule has 18 heavy (non-hydrogen) atoms. The van der Waals surface area contributed by atoms with Gasteiger partial charge in [0.05, 0.1) is 0 Å². The zero-order valence-electron chi connectivity index (χ0n) is 10.3. The monoisotopic (exact) mass is 326 g/mol. The van der Waals surface area contributed by atoms with Gasteiger partial charge in [0, 0.05) is 10.0 Å². The molecule has 1 heterocycles. The lowest BCUT2D eigenvalue weighted by molar-refractivity contribution is 0.452. The van der Waals surface area contributed by atoms with Crippen LogP contribution in [0.15, 0.2) is 22.7 Å². The molecule has 3 nitrogen and oxygen atoms in total. The molecule has 0 spiro atoms. The minimum absolute atomic E-state index is 0.421. The van der Waals surface area contributed by atoms with Crippen LogP contribution in [0.5, 0.6) is 11.6 Å². The van der Waals surface area contributed by atoms with E-state index in [1.807, 2.05) is 32.0 Å². The molecule has 1 aromatic carbocycles. The molecule has 0 aliphatic heterocycles. The van der Waals surface area contributed by atoms with Gasteiger partial charge in [-0.25, -0.2) is 4.98 Å². The zero-order chi connectivity index (χ0) is 13.3. The average Bonchev–Trinajstić information content (AvgIpc) is 2.30. The molecule has 0 saturated heterocycles. The number of rotatable bonds is 2. The molecule has 0 radical (unpaired) electrons. The number of aromatic nitrogens is 2. The van der Waals surface area contributed by atoms with E-state index in [1.54, 1.807) is 6.92 Å². The number of nitrogens with zero attached hydrogens (tertiary/aromatic N) is 2. The van der Waals surface area contributed by atoms with Crippen LogP contribution < -0.4 is 4.74 Å². The molecular formula is C13H12BrClN2O. The highest BCUT2D eigenvalue weighted by molar-refractivity contribution is 9.10. The first-order valence-electron chi connectivity index (χ1n) is 5.42. The Bertz CT molecular complexity index is 602. The van der Waals surface area contributed by atoms with Crippen LogP contribution in [0.4, 0.5) is 0 Å². The van der Waals surface area contributed by atoms with Crippen molar-refractivity contribution in [3.8, 4) is 11.6 Å². The van der Waals surface area contributed by atoms with Crippen LogP contribution in [0.2, 0.25) is 5.15 Å². The van der Waals surface area contributed by atoms with E-state index >= 15 is 0 Å². The summed E-state index contributed by atoms with van der Waals surface area (Å²) in [4.78, 5) is 8.35. The van der Waals surface area contributed by atoms with E-state index < -0.39 is 0 Å². The second kappa shape index (κ2) is 5.24. The molecule has 2 rings (SSSR count). The maximum atomic E-state index is 6.02. The van der Waals surface area contributed by atoms with Gasteiger partial charge in [0.2, 0.25) is 5.88 Å². The zero-order valence-corrected chi connectivity index (χ0v) is 12.6. The van der Waals surface area contributed by atoms with Gasteiger partial charge >= 0.3 is 0 Å². The number of halogens is 2. The number of benzene rings is 1. The van der Waals surface area contributed by atoms with Gasteiger partial charge in [0.15, 0.2) is 0 Å². The minimum atomic E-state index is 0.421. The van der Waals surface area contributed by atoms with Crippen LogP contribution in [0, 0.1) is 20.8 Å². The van der Waals surface area contributed by atoms with E-state index in [0.29, 0.717) is 16.9 Å². The summed E-state index contributed by atoms with van der Waals surface area (Å²) in [6.45, 7) is 5.60. The normalized spacial score (nSPS) is 10.5. The Morgan fingerprint density at radius 2 is 1.89 bits per heavy atom. The fourth-order valence-corrected chi connectivity index (χ4v) is 2.00. The molecule has 0 aliphatic rings. The molecule has 0 amide bonds. The van der Waals surface area contributed by atoms with Gasteiger partial charge in [0.1, 0.15) is 16.7 Å². The molecule has 94 valence electrons. The Morgan fingerprint density at radius 1 is 1.17 bits per heavy atom. The molecule has 0 fully saturated rings. The molecule has 0 atom stereocenters. The SMILES string of the molecule is Cc1nc(Cl)c(C)c(Oc2cc(Br)ccc2C)n1. The molecule has 0 unspecified atom stereocenters. The lowest BCUT2D eigenvalue weighted by Crippen LogP contribution is -1.98. The predicted molar refractivity (Wildman–Crippen MR) is 75.5 cm³/mol. The molecular weight excluding hydrogens is 316 g/mol. The maximum Gasteiger partial charge on any atom is 0.226 e. The first-order valence-corrected chi connectivity index (χ1v) is 6.59. The summed E-state index contributed by atoms with van der Waals surface area (Å²) < 4.78 is 6.77. The van der Waals surface area contributed by atoms with Crippen molar-refractivity contribution in [1.82, 2.24) is 9.97 Å². The Kier molecular flexibility index (Phi) is 3.88. The lowest BCUT2D eigenvalue weighted by atomic mass is 10.2. The van der Waals surface area contributed by atoms with E-state index in [0.717, 1.165) is 21.3 Å². The summed E-state index contributed by atoms with van der Waals surface area (Å²) >= 11 is 9.43. The third kappa shape index (κ3) is 2.82. The van der Waals surface area contributed by atoms with Crippen LogP contribution in [0.1, 0.15) is 17.0 Å². The van der Waals surface area contributed by atoms with Gasteiger partial charge in [-0.2, -0.15) is 4.98 Å². The fourth-order valence-electron chi connectivity index (χ4n) is 1.46. The first-order chi connectivity index (χ1) is 8.47. The lowest BCUT2D eigenvalue weighted by Gasteiger charge is -2.11. The summed E-state index contributed by atoms with van der Waals surface area (Å²) in [5.74, 6) is 1.84. The van der Waals surface area contributed by atoms with Gasteiger partial charge < -0.3 is 4.74 Å². The highest BCUT2D eigenvalue weighted by Gasteiger charge is 2.11. The van der Waals surface area contributed by atoms with Crippen molar-refractivity contribution in [1.29, 1.82) is 0 Å². The molecule has 0 aliphatic carbocycles. The minimum Gasteiger partial charge on any atom is -0.438 e. The van der Waals surface area contributed by atoms with E-state index in [2.05, 4.69) is 25.9 Å². The van der Waals surface area contributed by atoms with Gasteiger partial charge in [-0.3, -0.25) is 0 Å². The summed E-state index contributed by atoms with van der Waals surface area (Å²) in [7, 11) is 0. The third-order valence-electron chi connectivity index (χ3n) is 2.51. The van der Waals surface area contributed by atoms with Crippen molar-refractivity contribution < 1.29 is 4.74 Å². The second-order valence-electron chi connectivity index (χ2n) is 4.00. The van der Waals surface area contributed by atoms with E-state index in [4.69, 9.17) is 16.3 Å². The van der Waals surface area contributed by atoms with E-state index in [1.165, 1.54) is 0 Å². The Morgan fingerprint density at radius 3 is 2.61 bits per heavy atom. The average molecular weight is 328 g/mol. The van der Waals surface area contributed by atoms with Gasteiger partial charge in [-0.1, -0.05) is 33.6 Å². The van der Waals surface area contributed by atoms with Crippen LogP contribution in [0.25, 0.3) is 0 Å². The quantitative estimate of drug-likeness (QED) is 0.756. The molecule has 0 saturated carbocycles. The standard InChI is InChI=1S/C13H12BrClN2O/c1-7-4-5-10(14)6-11(7)18-13-8(2)12(15)16-9(3)17-13/h4-6H,1-3H3. The Balaban J connectivity index is 2.43. The number of aryl methyl sites for hydroxylation is 2. The topological polar surface area (TPSA) is 35.0 Å². The van der Waals surface area contributed by atoms with Crippen LogP contribution >= 0.6 is 27.5 Å². The largest absolute Gasteiger partial charge is 0.438 e. The van der Waals surface area contributed by atoms with Gasteiger partial charge in [0.25, 0.3) is 0 Å². The number of hydrogen-bond donors (Lipinski definition) is 0. The smallest absolute Gasteiger partial charge is 0.226 e. The Hall–Kier alpha value is -1.13. The summed E-state index contributed by atoms with van der Waals surface area (Å²) in [6.07, 6.45) is 0. The third-order valence-corrected chi connectivity index (χ3v) is 3.37. The molecule has 5 heteroatoms. The predicted octanol–water partition coefficient (Wildman–Crippen LogP) is 4.61. The second-order valence-corrected chi connectivity index (χ2v) is 5.28. The van der Waals surface area contributed by atoms with Crippen molar-refractivity contribution in [2.45, 2.75) is 20.8 Å². The van der Waals surface area contributed by atoms with E-state index in [-0.39, 0.29) is 0 Å². The number of hydrogen-bond acceptors (Lipinski definition) is 3. The Labute approximate surface area is 119 Å². The fraction of sp³-hybridized carbons (Fsp3) is 0.231. The van der Waals surface area contributed by atoms with E-state index in [9.17, 15) is 0 Å². The molecule has 1 aromatic heterocycles. The molecule has 2 aromatic rings. The highest BCUT2D eigenvalue weighted by Crippen LogP contribution is 2.30. The van der Waals surface area contributed by atoms with Gasteiger partial charge in [-0.15, -0.1) is 0 Å². The summed E-state index contributed by atoms with van der Waals surface area (Å²) in [5.41, 5.74) is 1.77. The summed E-state index contributed by atoms with van der Waals surface area (Å²) in [6, 6.07) is 5.85. The number of ether oxygens (including phenoxy) is 1. The van der Waals surface area contributed by atoms with Gasteiger partial charge in [-0.05, 0) is 38.5 Å². The molecule has 0 N–H and O–H groups in total. The maximum absolute atomic E-state index is 6.02. The first kappa shape index (κ1) is 13.3. The van der Waals surface area contributed by atoms with Crippen molar-refractivity contribution in [2.75, 3.05) is 0 Å². The van der Waals surface area contributed by atoms with Crippen LogP contribution in [-0.4, -0.2) is 9.97 Å². The van der Waals surface area contributed by atoms with Crippen LogP contribution in [-0.2, 0) is 0 Å². The molecule has 0 bridgehead atoms.